The number of phenols is 1. The highest BCUT2D eigenvalue weighted by atomic mass is 16.3. The first-order chi connectivity index (χ1) is 14.6. The number of aromatic nitrogens is 1. The Labute approximate surface area is 172 Å². The maximum absolute atomic E-state index is 13.0. The summed E-state index contributed by atoms with van der Waals surface area (Å²) in [6.07, 6.45) is 3.40. The van der Waals surface area contributed by atoms with Gasteiger partial charge in [-0.3, -0.25) is 9.59 Å². The number of benzene rings is 3. The Balaban J connectivity index is 1.68. The minimum atomic E-state index is -0.504. The van der Waals surface area contributed by atoms with E-state index in [0.29, 0.717) is 11.3 Å². The van der Waals surface area contributed by atoms with Gasteiger partial charge in [0.15, 0.2) is 0 Å². The largest absolute Gasteiger partial charge is 0.508 e. The highest BCUT2D eigenvalue weighted by Gasteiger charge is 2.16. The lowest BCUT2D eigenvalue weighted by molar-refractivity contribution is -0.113. The molecule has 1 heterocycles. The highest BCUT2D eigenvalue weighted by molar-refractivity contribution is 6.11. The van der Waals surface area contributed by atoms with Gasteiger partial charge in [0.2, 0.25) is 0 Å². The van der Waals surface area contributed by atoms with E-state index in [1.54, 1.807) is 48.7 Å². The topological polar surface area (TPSA) is 94.2 Å². The van der Waals surface area contributed by atoms with Crippen LogP contribution in [0.25, 0.3) is 17.0 Å². The lowest BCUT2D eigenvalue weighted by atomic mass is 10.1. The fourth-order valence-electron chi connectivity index (χ4n) is 3.09. The van der Waals surface area contributed by atoms with Crippen molar-refractivity contribution in [3.05, 3.63) is 102 Å². The second-order valence-electron chi connectivity index (χ2n) is 6.67. The third kappa shape index (κ3) is 4.23. The van der Waals surface area contributed by atoms with Gasteiger partial charge in [-0.1, -0.05) is 42.5 Å². The molecule has 0 spiro atoms. The number of aromatic hydroxyl groups is 1. The number of hydrogen-bond donors (Lipinski definition) is 4. The van der Waals surface area contributed by atoms with Crippen LogP contribution >= 0.6 is 0 Å². The van der Waals surface area contributed by atoms with Crippen molar-refractivity contribution in [1.82, 2.24) is 10.3 Å². The quantitative estimate of drug-likeness (QED) is 0.379. The molecule has 0 saturated carbocycles. The molecule has 4 N–H and O–H groups in total. The van der Waals surface area contributed by atoms with Gasteiger partial charge in [0.1, 0.15) is 11.4 Å². The van der Waals surface area contributed by atoms with Crippen LogP contribution < -0.4 is 10.6 Å². The minimum absolute atomic E-state index is 0.0308. The van der Waals surface area contributed by atoms with Crippen molar-refractivity contribution in [3.63, 3.8) is 0 Å². The van der Waals surface area contributed by atoms with Crippen LogP contribution in [-0.2, 0) is 4.79 Å². The molecule has 0 aliphatic carbocycles. The van der Waals surface area contributed by atoms with Gasteiger partial charge < -0.3 is 20.7 Å². The van der Waals surface area contributed by atoms with Crippen LogP contribution in [0.4, 0.5) is 5.69 Å². The number of amides is 2. The number of fused-ring (bicyclic) bond motifs is 1. The fourth-order valence-corrected chi connectivity index (χ4v) is 3.09. The molecule has 0 saturated heterocycles. The molecule has 1 aromatic heterocycles. The van der Waals surface area contributed by atoms with Crippen molar-refractivity contribution < 1.29 is 14.7 Å². The van der Waals surface area contributed by atoms with E-state index in [0.717, 1.165) is 16.5 Å². The molecule has 6 heteroatoms. The average molecular weight is 397 g/mol. The van der Waals surface area contributed by atoms with Gasteiger partial charge in [-0.05, 0) is 36.4 Å². The molecular weight excluding hydrogens is 378 g/mol. The molecule has 0 aliphatic heterocycles. The van der Waals surface area contributed by atoms with Crippen molar-refractivity contribution in [2.75, 3.05) is 5.32 Å². The summed E-state index contributed by atoms with van der Waals surface area (Å²) in [6, 6.07) is 22.6. The van der Waals surface area contributed by atoms with Crippen LogP contribution in [0.2, 0.25) is 0 Å². The second-order valence-corrected chi connectivity index (χ2v) is 6.67. The first-order valence-corrected chi connectivity index (χ1v) is 9.35. The molecule has 0 unspecified atom stereocenters. The van der Waals surface area contributed by atoms with Crippen LogP contribution in [0.15, 0.2) is 90.8 Å². The Bertz CT molecular complexity index is 1240. The van der Waals surface area contributed by atoms with Crippen LogP contribution in [0.1, 0.15) is 15.9 Å². The minimum Gasteiger partial charge on any atom is -0.508 e. The maximum atomic E-state index is 13.0. The van der Waals surface area contributed by atoms with Gasteiger partial charge in [0, 0.05) is 40.0 Å². The molecule has 0 aliphatic rings. The number of rotatable bonds is 5. The number of phenolic OH excluding ortho intramolecular Hbond substituents is 1. The van der Waals surface area contributed by atoms with Crippen molar-refractivity contribution in [1.29, 1.82) is 0 Å². The van der Waals surface area contributed by atoms with Crippen molar-refractivity contribution in [2.45, 2.75) is 0 Å². The fraction of sp³-hybridized carbons (Fsp3) is 0. The summed E-state index contributed by atoms with van der Waals surface area (Å²) in [5, 5.41) is 16.0. The van der Waals surface area contributed by atoms with E-state index >= 15 is 0 Å². The molecule has 0 bridgehead atoms. The molecule has 2 amide bonds. The number of para-hydroxylation sites is 1. The van der Waals surface area contributed by atoms with E-state index in [1.165, 1.54) is 12.1 Å². The summed E-state index contributed by atoms with van der Waals surface area (Å²) in [5.41, 5.74) is 2.62. The van der Waals surface area contributed by atoms with Gasteiger partial charge >= 0.3 is 0 Å². The zero-order valence-corrected chi connectivity index (χ0v) is 15.9. The Morgan fingerprint density at radius 3 is 2.47 bits per heavy atom. The van der Waals surface area contributed by atoms with E-state index < -0.39 is 11.8 Å². The third-order valence-corrected chi connectivity index (χ3v) is 4.55. The predicted octanol–water partition coefficient (Wildman–Crippen LogP) is 4.28. The third-order valence-electron chi connectivity index (χ3n) is 4.55. The van der Waals surface area contributed by atoms with E-state index in [2.05, 4.69) is 15.6 Å². The maximum Gasteiger partial charge on any atom is 0.272 e. The number of aromatic amines is 1. The smallest absolute Gasteiger partial charge is 0.272 e. The SMILES string of the molecule is O=C(Nc1cccc(O)c1)/C(=C/c1c[nH]c2ccccc12)NC(=O)c1ccccc1. The molecule has 6 nitrogen and oxygen atoms in total. The van der Waals surface area contributed by atoms with Gasteiger partial charge in [-0.15, -0.1) is 0 Å². The number of carbonyl (C=O) groups excluding carboxylic acids is 2. The van der Waals surface area contributed by atoms with Crippen LogP contribution in [0.3, 0.4) is 0 Å². The molecule has 0 atom stereocenters. The Hall–Kier alpha value is -4.32. The van der Waals surface area contributed by atoms with Gasteiger partial charge in [0.05, 0.1) is 0 Å². The van der Waals surface area contributed by atoms with E-state index in [9.17, 15) is 14.7 Å². The summed E-state index contributed by atoms with van der Waals surface area (Å²) < 4.78 is 0. The van der Waals surface area contributed by atoms with Crippen LogP contribution in [0.5, 0.6) is 5.75 Å². The number of anilines is 1. The van der Waals surface area contributed by atoms with Gasteiger partial charge in [-0.2, -0.15) is 0 Å². The molecule has 0 radical (unpaired) electrons. The second kappa shape index (κ2) is 8.36. The van der Waals surface area contributed by atoms with E-state index in [1.807, 2.05) is 30.3 Å². The first-order valence-electron chi connectivity index (χ1n) is 9.35. The first kappa shape index (κ1) is 19.0. The zero-order chi connectivity index (χ0) is 20.9. The number of H-pyrrole nitrogens is 1. The average Bonchev–Trinajstić information content (AvgIpc) is 3.17. The molecule has 0 fully saturated rings. The Morgan fingerprint density at radius 1 is 0.900 bits per heavy atom. The molecule has 30 heavy (non-hydrogen) atoms. The lowest BCUT2D eigenvalue weighted by Gasteiger charge is -2.11. The standard InChI is InChI=1S/C24H19N3O3/c28-19-10-6-9-18(14-19)26-24(30)22(27-23(29)16-7-2-1-3-8-16)13-17-15-25-21-12-5-4-11-20(17)21/h1-15,25,28H,(H,26,30)(H,27,29)/b22-13-. The molecular formula is C24H19N3O3. The normalized spacial score (nSPS) is 11.3. The number of carbonyl (C=O) groups is 2. The number of hydrogen-bond acceptors (Lipinski definition) is 3. The Morgan fingerprint density at radius 2 is 1.67 bits per heavy atom. The van der Waals surface area contributed by atoms with Crippen LogP contribution in [-0.4, -0.2) is 21.9 Å². The summed E-state index contributed by atoms with van der Waals surface area (Å²) in [5.74, 6) is -0.869. The highest BCUT2D eigenvalue weighted by Crippen LogP contribution is 2.21. The van der Waals surface area contributed by atoms with Crippen LogP contribution in [0, 0.1) is 0 Å². The van der Waals surface area contributed by atoms with Gasteiger partial charge in [-0.25, -0.2) is 0 Å². The molecule has 148 valence electrons. The monoisotopic (exact) mass is 397 g/mol. The number of nitrogens with one attached hydrogen (secondary N) is 3. The molecule has 4 aromatic rings. The van der Waals surface area contributed by atoms with Crippen molar-refractivity contribution >= 4 is 34.5 Å². The summed E-state index contributed by atoms with van der Waals surface area (Å²) in [6.45, 7) is 0. The molecule has 4 rings (SSSR count). The molecule has 3 aromatic carbocycles. The summed E-state index contributed by atoms with van der Waals surface area (Å²) in [7, 11) is 0. The predicted molar refractivity (Wildman–Crippen MR) is 117 cm³/mol. The summed E-state index contributed by atoms with van der Waals surface area (Å²) in [4.78, 5) is 28.8. The van der Waals surface area contributed by atoms with E-state index in [4.69, 9.17) is 0 Å². The Kier molecular flexibility index (Phi) is 5.30. The zero-order valence-electron chi connectivity index (χ0n) is 15.9. The van der Waals surface area contributed by atoms with Crippen molar-refractivity contribution in [2.24, 2.45) is 0 Å². The summed E-state index contributed by atoms with van der Waals surface area (Å²) >= 11 is 0. The van der Waals surface area contributed by atoms with E-state index in [-0.39, 0.29) is 11.4 Å². The van der Waals surface area contributed by atoms with Crippen molar-refractivity contribution in [3.8, 4) is 5.75 Å². The van der Waals surface area contributed by atoms with Gasteiger partial charge in [0.25, 0.3) is 11.8 Å². The lowest BCUT2D eigenvalue weighted by Crippen LogP contribution is -2.30.